The number of anilines is 2. The van der Waals surface area contributed by atoms with E-state index in [9.17, 15) is 0 Å². The summed E-state index contributed by atoms with van der Waals surface area (Å²) >= 11 is 1.61. The molecule has 0 fully saturated rings. The maximum Gasteiger partial charge on any atom is 0.323 e. The zero-order valence-electron chi connectivity index (χ0n) is 11.8. The van der Waals surface area contributed by atoms with E-state index in [1.807, 2.05) is 26.2 Å². The lowest BCUT2D eigenvalue weighted by atomic mass is 10.6. The van der Waals surface area contributed by atoms with Crippen molar-refractivity contribution < 1.29 is 4.74 Å². The summed E-state index contributed by atoms with van der Waals surface area (Å²) in [4.78, 5) is 17.0. The summed E-state index contributed by atoms with van der Waals surface area (Å²) < 4.78 is 5.33. The van der Waals surface area contributed by atoms with Gasteiger partial charge in [0.05, 0.1) is 13.2 Å². The van der Waals surface area contributed by atoms with Gasteiger partial charge in [-0.2, -0.15) is 15.0 Å². The summed E-state index contributed by atoms with van der Waals surface area (Å²) in [6.45, 7) is 7.68. The lowest BCUT2D eigenvalue weighted by Crippen LogP contribution is -2.10. The Bertz CT molecular complexity index is 534. The number of hydrogen-bond donors (Lipinski definition) is 2. The number of rotatable bonds is 7. The molecule has 0 bridgehead atoms. The quantitative estimate of drug-likeness (QED) is 0.808. The molecule has 0 aliphatic rings. The molecular weight excluding hydrogens is 276 g/mol. The normalized spacial score (nSPS) is 10.3. The Hall–Kier alpha value is -1.96. The van der Waals surface area contributed by atoms with Crippen molar-refractivity contribution in [1.82, 2.24) is 19.9 Å². The second kappa shape index (κ2) is 6.99. The van der Waals surface area contributed by atoms with Gasteiger partial charge in [-0.1, -0.05) is 0 Å². The van der Waals surface area contributed by atoms with Crippen LogP contribution in [0.25, 0.3) is 0 Å². The molecule has 2 heterocycles. The van der Waals surface area contributed by atoms with Crippen molar-refractivity contribution in [1.29, 1.82) is 0 Å². The van der Waals surface area contributed by atoms with Crippen molar-refractivity contribution in [2.45, 2.75) is 27.3 Å². The smallest absolute Gasteiger partial charge is 0.323 e. The van der Waals surface area contributed by atoms with E-state index in [1.54, 1.807) is 11.3 Å². The molecule has 108 valence electrons. The van der Waals surface area contributed by atoms with E-state index in [2.05, 4.69) is 30.6 Å². The monoisotopic (exact) mass is 294 g/mol. The first kappa shape index (κ1) is 14.4. The second-order valence-electron chi connectivity index (χ2n) is 3.96. The molecule has 0 aromatic carbocycles. The molecule has 0 saturated heterocycles. The Balaban J connectivity index is 2.08. The van der Waals surface area contributed by atoms with Crippen molar-refractivity contribution in [3.05, 3.63) is 16.1 Å². The van der Waals surface area contributed by atoms with Crippen LogP contribution in [0.2, 0.25) is 0 Å². The largest absolute Gasteiger partial charge is 0.464 e. The third kappa shape index (κ3) is 4.02. The van der Waals surface area contributed by atoms with E-state index in [0.717, 1.165) is 17.2 Å². The van der Waals surface area contributed by atoms with Gasteiger partial charge in [0.15, 0.2) is 0 Å². The van der Waals surface area contributed by atoms with Crippen molar-refractivity contribution in [2.75, 3.05) is 23.8 Å². The minimum absolute atomic E-state index is 0.316. The second-order valence-corrected chi connectivity index (χ2v) is 4.91. The molecule has 0 spiro atoms. The number of nitrogens with zero attached hydrogens (tertiary/aromatic N) is 4. The van der Waals surface area contributed by atoms with E-state index < -0.39 is 0 Å². The zero-order chi connectivity index (χ0) is 14.4. The Kier molecular flexibility index (Phi) is 5.05. The summed E-state index contributed by atoms with van der Waals surface area (Å²) in [5.41, 5.74) is 1.02. The fourth-order valence-corrected chi connectivity index (χ4v) is 2.22. The van der Waals surface area contributed by atoms with Crippen molar-refractivity contribution in [3.8, 4) is 6.01 Å². The minimum Gasteiger partial charge on any atom is -0.464 e. The summed E-state index contributed by atoms with van der Waals surface area (Å²) in [6, 6.07) is 0.316. The topological polar surface area (TPSA) is 84.9 Å². The molecule has 0 aliphatic carbocycles. The number of aryl methyl sites for hydroxylation is 1. The predicted molar refractivity (Wildman–Crippen MR) is 79.3 cm³/mol. The molecule has 2 rings (SSSR count). The fourth-order valence-electron chi connectivity index (χ4n) is 1.50. The Morgan fingerprint density at radius 2 is 1.85 bits per heavy atom. The first-order valence-electron chi connectivity index (χ1n) is 6.49. The Labute approximate surface area is 121 Å². The van der Waals surface area contributed by atoms with E-state index >= 15 is 0 Å². The highest BCUT2D eigenvalue weighted by atomic mass is 32.1. The molecule has 2 aromatic rings. The molecule has 7 nitrogen and oxygen atoms in total. The van der Waals surface area contributed by atoms with Crippen LogP contribution in [-0.4, -0.2) is 33.1 Å². The minimum atomic E-state index is 0.316. The lowest BCUT2D eigenvalue weighted by Gasteiger charge is -2.08. The van der Waals surface area contributed by atoms with Gasteiger partial charge in [0, 0.05) is 17.6 Å². The van der Waals surface area contributed by atoms with Crippen molar-refractivity contribution >= 4 is 23.2 Å². The third-order valence-corrected chi connectivity index (χ3v) is 3.25. The van der Waals surface area contributed by atoms with Crippen LogP contribution in [0.3, 0.4) is 0 Å². The standard InChI is InChI=1S/C12H18N6OS/c1-4-13-10-16-11(18-12(17-10)19-5-2)14-6-9-15-8(3)7-20-9/h7H,4-6H2,1-3H3,(H2,13,14,16,17,18). The average Bonchev–Trinajstić information content (AvgIpc) is 2.83. The average molecular weight is 294 g/mol. The molecule has 2 aromatic heterocycles. The van der Waals surface area contributed by atoms with Gasteiger partial charge in [-0.25, -0.2) is 4.98 Å². The molecule has 8 heteroatoms. The van der Waals surface area contributed by atoms with Crippen LogP contribution < -0.4 is 15.4 Å². The maximum atomic E-state index is 5.33. The van der Waals surface area contributed by atoms with E-state index in [0.29, 0.717) is 31.1 Å². The Morgan fingerprint density at radius 1 is 1.10 bits per heavy atom. The van der Waals surface area contributed by atoms with Crippen molar-refractivity contribution in [3.63, 3.8) is 0 Å². The van der Waals surface area contributed by atoms with Crippen LogP contribution in [0.15, 0.2) is 5.38 Å². The van der Waals surface area contributed by atoms with Crippen LogP contribution in [0, 0.1) is 6.92 Å². The van der Waals surface area contributed by atoms with E-state index in [-0.39, 0.29) is 0 Å². The third-order valence-electron chi connectivity index (χ3n) is 2.29. The highest BCUT2D eigenvalue weighted by Gasteiger charge is 2.07. The first-order chi connectivity index (χ1) is 9.71. The summed E-state index contributed by atoms with van der Waals surface area (Å²) in [5, 5.41) is 9.20. The zero-order valence-corrected chi connectivity index (χ0v) is 12.6. The molecule has 0 atom stereocenters. The molecule has 20 heavy (non-hydrogen) atoms. The van der Waals surface area contributed by atoms with Crippen LogP contribution in [0.1, 0.15) is 24.5 Å². The number of hydrogen-bond acceptors (Lipinski definition) is 8. The van der Waals surface area contributed by atoms with Crippen molar-refractivity contribution in [2.24, 2.45) is 0 Å². The van der Waals surface area contributed by atoms with E-state index in [4.69, 9.17) is 4.74 Å². The van der Waals surface area contributed by atoms with Gasteiger partial charge in [0.25, 0.3) is 0 Å². The summed E-state index contributed by atoms with van der Waals surface area (Å²) in [7, 11) is 0. The van der Waals surface area contributed by atoms with Gasteiger partial charge in [0.2, 0.25) is 11.9 Å². The molecule has 0 aliphatic heterocycles. The van der Waals surface area contributed by atoms with Crippen LogP contribution in [0.4, 0.5) is 11.9 Å². The van der Waals surface area contributed by atoms with E-state index in [1.165, 1.54) is 0 Å². The summed E-state index contributed by atoms with van der Waals surface area (Å²) in [5.74, 6) is 0.982. The molecular formula is C12H18N6OS. The molecule has 0 saturated carbocycles. The SMILES string of the molecule is CCNc1nc(NCc2nc(C)cs2)nc(OCC)n1. The molecule has 0 unspecified atom stereocenters. The number of ether oxygens (including phenoxy) is 1. The van der Waals surface area contributed by atoms with Gasteiger partial charge in [0.1, 0.15) is 5.01 Å². The lowest BCUT2D eigenvalue weighted by molar-refractivity contribution is 0.312. The summed E-state index contributed by atoms with van der Waals surface area (Å²) in [6.07, 6.45) is 0. The first-order valence-corrected chi connectivity index (χ1v) is 7.36. The highest BCUT2D eigenvalue weighted by Crippen LogP contribution is 2.14. The number of nitrogens with one attached hydrogen (secondary N) is 2. The molecule has 0 radical (unpaired) electrons. The number of aromatic nitrogens is 4. The predicted octanol–water partition coefficient (Wildman–Crippen LogP) is 2.08. The number of thiazole rings is 1. The molecule has 0 amide bonds. The molecule has 2 N–H and O–H groups in total. The van der Waals surface area contributed by atoms with Gasteiger partial charge in [-0.3, -0.25) is 0 Å². The van der Waals surface area contributed by atoms with Crippen LogP contribution in [-0.2, 0) is 6.54 Å². The van der Waals surface area contributed by atoms with Crippen LogP contribution >= 0.6 is 11.3 Å². The van der Waals surface area contributed by atoms with Crippen LogP contribution in [0.5, 0.6) is 6.01 Å². The maximum absolute atomic E-state index is 5.33. The highest BCUT2D eigenvalue weighted by molar-refractivity contribution is 7.09. The van der Waals surface area contributed by atoms with Gasteiger partial charge in [-0.15, -0.1) is 11.3 Å². The van der Waals surface area contributed by atoms with Gasteiger partial charge in [-0.05, 0) is 20.8 Å². The van der Waals surface area contributed by atoms with Gasteiger partial charge >= 0.3 is 6.01 Å². The fraction of sp³-hybridized carbons (Fsp3) is 0.500. The Morgan fingerprint density at radius 3 is 2.45 bits per heavy atom. The van der Waals surface area contributed by atoms with Gasteiger partial charge < -0.3 is 15.4 Å².